The highest BCUT2D eigenvalue weighted by Gasteiger charge is 2.28. The van der Waals surface area contributed by atoms with Gasteiger partial charge in [0.2, 0.25) is 15.9 Å². The fraction of sp³-hybridized carbons (Fsp3) is 0.333. The molecule has 0 aliphatic heterocycles. The molecule has 9 heteroatoms. The van der Waals surface area contributed by atoms with Gasteiger partial charge in [-0.25, -0.2) is 13.1 Å². The van der Waals surface area contributed by atoms with Crippen molar-refractivity contribution in [2.75, 3.05) is 19.0 Å². The van der Waals surface area contributed by atoms with Crippen LogP contribution in [0.1, 0.15) is 31.2 Å². The van der Waals surface area contributed by atoms with Crippen molar-refractivity contribution in [3.05, 3.63) is 48.0 Å². The molecule has 0 radical (unpaired) electrons. The molecule has 0 unspecified atom stereocenters. The Morgan fingerprint density at radius 1 is 1.20 bits per heavy atom. The monoisotopic (exact) mass is 429 g/mol. The van der Waals surface area contributed by atoms with E-state index in [2.05, 4.69) is 10.0 Å². The van der Waals surface area contributed by atoms with Crippen LogP contribution in [0.15, 0.2) is 47.4 Å². The lowest BCUT2D eigenvalue weighted by Gasteiger charge is -2.11. The van der Waals surface area contributed by atoms with Crippen LogP contribution in [0.25, 0.3) is 0 Å². The van der Waals surface area contributed by atoms with Crippen molar-refractivity contribution in [3.8, 4) is 17.6 Å². The van der Waals surface area contributed by atoms with Crippen LogP contribution in [-0.2, 0) is 14.8 Å². The molecule has 2 aromatic carbocycles. The van der Waals surface area contributed by atoms with E-state index in [1.54, 1.807) is 30.3 Å². The topological polar surface area (TPSA) is 118 Å². The van der Waals surface area contributed by atoms with Crippen LogP contribution < -0.4 is 19.5 Å². The molecular weight excluding hydrogens is 406 g/mol. The fourth-order valence-electron chi connectivity index (χ4n) is 2.72. The molecule has 30 heavy (non-hydrogen) atoms. The average Bonchev–Trinajstić information content (AvgIpc) is 3.54. The quantitative estimate of drug-likeness (QED) is 0.561. The maximum absolute atomic E-state index is 12.3. The largest absolute Gasteiger partial charge is 0.493 e. The van der Waals surface area contributed by atoms with Crippen molar-refractivity contribution in [1.29, 1.82) is 5.26 Å². The standard InChI is InChI=1S/C21H23N3O5S/c1-28-20-12-15(14-22)7-10-19(20)29-11-3-6-21(25)23-17-4-2-5-18(13-17)30(26,27)24-16-8-9-16/h2,4-5,7,10,12-13,16,24H,3,6,8-9,11H2,1H3,(H,23,25). The Labute approximate surface area is 175 Å². The SMILES string of the molecule is COc1cc(C#N)ccc1OCCCC(=O)Nc1cccc(S(=O)(=O)NC2CC2)c1. The zero-order valence-electron chi connectivity index (χ0n) is 16.6. The number of sulfonamides is 1. The van der Waals surface area contributed by atoms with E-state index in [1.165, 1.54) is 19.2 Å². The van der Waals surface area contributed by atoms with Crippen LogP contribution in [-0.4, -0.2) is 34.1 Å². The maximum Gasteiger partial charge on any atom is 0.240 e. The average molecular weight is 429 g/mol. The molecule has 0 saturated heterocycles. The number of hydrogen-bond donors (Lipinski definition) is 2. The lowest BCUT2D eigenvalue weighted by Crippen LogP contribution is -2.25. The number of nitriles is 1. The van der Waals surface area contributed by atoms with E-state index in [-0.39, 0.29) is 29.9 Å². The minimum atomic E-state index is -3.57. The Balaban J connectivity index is 1.48. The van der Waals surface area contributed by atoms with Gasteiger partial charge in [0.1, 0.15) is 0 Å². The molecule has 0 bridgehead atoms. The summed E-state index contributed by atoms with van der Waals surface area (Å²) in [6.45, 7) is 0.287. The fourth-order valence-corrected chi connectivity index (χ4v) is 4.07. The van der Waals surface area contributed by atoms with Gasteiger partial charge in [-0.15, -0.1) is 0 Å². The molecule has 2 N–H and O–H groups in total. The van der Waals surface area contributed by atoms with Crippen LogP contribution in [0.3, 0.4) is 0 Å². The normalized spacial score (nSPS) is 13.3. The third-order valence-electron chi connectivity index (χ3n) is 4.43. The third-order valence-corrected chi connectivity index (χ3v) is 5.94. The summed E-state index contributed by atoms with van der Waals surface area (Å²) in [4.78, 5) is 12.3. The molecule has 1 saturated carbocycles. The molecule has 158 valence electrons. The van der Waals surface area contributed by atoms with Gasteiger partial charge in [0.15, 0.2) is 11.5 Å². The number of amides is 1. The molecular formula is C21H23N3O5S. The smallest absolute Gasteiger partial charge is 0.240 e. The Morgan fingerprint density at radius 3 is 2.70 bits per heavy atom. The van der Waals surface area contributed by atoms with Crippen LogP contribution in [0, 0.1) is 11.3 Å². The van der Waals surface area contributed by atoms with Gasteiger partial charge in [-0.2, -0.15) is 5.26 Å². The lowest BCUT2D eigenvalue weighted by atomic mass is 10.2. The number of nitrogens with one attached hydrogen (secondary N) is 2. The maximum atomic E-state index is 12.3. The second kappa shape index (κ2) is 9.61. The first kappa shape index (κ1) is 21.6. The van der Waals surface area contributed by atoms with Crippen molar-refractivity contribution in [1.82, 2.24) is 4.72 Å². The van der Waals surface area contributed by atoms with Gasteiger partial charge in [-0.05, 0) is 49.6 Å². The number of anilines is 1. The number of hydrogen-bond acceptors (Lipinski definition) is 6. The number of carbonyl (C=O) groups excluding carboxylic acids is 1. The number of rotatable bonds is 10. The molecule has 0 atom stereocenters. The Bertz CT molecular complexity index is 1060. The first-order chi connectivity index (χ1) is 14.4. The van der Waals surface area contributed by atoms with Crippen LogP contribution in [0.2, 0.25) is 0 Å². The summed E-state index contributed by atoms with van der Waals surface area (Å²) in [6.07, 6.45) is 2.37. The summed E-state index contributed by atoms with van der Waals surface area (Å²) in [5, 5.41) is 11.6. The molecule has 8 nitrogen and oxygen atoms in total. The number of ether oxygens (including phenoxy) is 2. The second-order valence-corrected chi connectivity index (χ2v) is 8.62. The second-order valence-electron chi connectivity index (χ2n) is 6.90. The molecule has 0 spiro atoms. The zero-order valence-corrected chi connectivity index (χ0v) is 17.4. The highest BCUT2D eigenvalue weighted by Crippen LogP contribution is 2.28. The van der Waals surface area contributed by atoms with Crippen molar-refractivity contribution < 1.29 is 22.7 Å². The molecule has 3 rings (SSSR count). The zero-order chi connectivity index (χ0) is 21.6. The molecule has 2 aromatic rings. The van der Waals surface area contributed by atoms with E-state index in [1.807, 2.05) is 6.07 Å². The number of benzene rings is 2. The van der Waals surface area contributed by atoms with Crippen LogP contribution >= 0.6 is 0 Å². The number of carbonyl (C=O) groups is 1. The molecule has 1 aliphatic carbocycles. The van der Waals surface area contributed by atoms with Gasteiger partial charge in [0.05, 0.1) is 30.2 Å². The molecule has 1 amide bonds. The van der Waals surface area contributed by atoms with E-state index >= 15 is 0 Å². The van der Waals surface area contributed by atoms with Crippen LogP contribution in [0.5, 0.6) is 11.5 Å². The van der Waals surface area contributed by atoms with E-state index < -0.39 is 10.0 Å². The summed E-state index contributed by atoms with van der Waals surface area (Å²) in [7, 11) is -2.08. The minimum absolute atomic E-state index is 0.0166. The summed E-state index contributed by atoms with van der Waals surface area (Å²) in [6, 6.07) is 13.1. The minimum Gasteiger partial charge on any atom is -0.493 e. The van der Waals surface area contributed by atoms with E-state index in [4.69, 9.17) is 14.7 Å². The van der Waals surface area contributed by atoms with Gasteiger partial charge >= 0.3 is 0 Å². The highest BCUT2D eigenvalue weighted by molar-refractivity contribution is 7.89. The van der Waals surface area contributed by atoms with Crippen molar-refractivity contribution >= 4 is 21.6 Å². The van der Waals surface area contributed by atoms with E-state index in [0.717, 1.165) is 12.8 Å². The van der Waals surface area contributed by atoms with E-state index in [0.29, 0.717) is 29.2 Å². The number of methoxy groups -OCH3 is 1. The Kier molecular flexibility index (Phi) is 6.92. The molecule has 1 aliphatic rings. The summed E-state index contributed by atoms with van der Waals surface area (Å²) in [5.74, 6) is 0.712. The van der Waals surface area contributed by atoms with Crippen LogP contribution in [0.4, 0.5) is 5.69 Å². The predicted molar refractivity (Wildman–Crippen MR) is 111 cm³/mol. The van der Waals surface area contributed by atoms with Crippen molar-refractivity contribution in [2.24, 2.45) is 0 Å². The van der Waals surface area contributed by atoms with Gasteiger partial charge in [-0.1, -0.05) is 6.07 Å². The molecule has 0 aromatic heterocycles. The number of nitrogens with zero attached hydrogens (tertiary/aromatic N) is 1. The lowest BCUT2D eigenvalue weighted by molar-refractivity contribution is -0.116. The van der Waals surface area contributed by atoms with Crippen molar-refractivity contribution in [3.63, 3.8) is 0 Å². The molecule has 1 fully saturated rings. The van der Waals surface area contributed by atoms with Gasteiger partial charge in [-0.3, -0.25) is 4.79 Å². The first-order valence-electron chi connectivity index (χ1n) is 9.54. The Morgan fingerprint density at radius 2 is 2.00 bits per heavy atom. The summed E-state index contributed by atoms with van der Waals surface area (Å²) < 4.78 is 38.0. The summed E-state index contributed by atoms with van der Waals surface area (Å²) >= 11 is 0. The van der Waals surface area contributed by atoms with Gasteiger partial charge < -0.3 is 14.8 Å². The van der Waals surface area contributed by atoms with Gasteiger partial charge in [0, 0.05) is 24.2 Å². The summed E-state index contributed by atoms with van der Waals surface area (Å²) in [5.41, 5.74) is 0.892. The Hall–Kier alpha value is -3.09. The van der Waals surface area contributed by atoms with E-state index in [9.17, 15) is 13.2 Å². The third kappa shape index (κ3) is 5.95. The van der Waals surface area contributed by atoms with Gasteiger partial charge in [0.25, 0.3) is 0 Å². The predicted octanol–water partition coefficient (Wildman–Crippen LogP) is 2.81. The highest BCUT2D eigenvalue weighted by atomic mass is 32.2. The molecule has 0 heterocycles. The first-order valence-corrected chi connectivity index (χ1v) is 11.0. The van der Waals surface area contributed by atoms with Crippen molar-refractivity contribution in [2.45, 2.75) is 36.6 Å².